The Morgan fingerprint density at radius 3 is 2.74 bits per heavy atom. The van der Waals surface area contributed by atoms with Crippen molar-refractivity contribution in [1.29, 1.82) is 5.26 Å². The third-order valence-corrected chi connectivity index (χ3v) is 3.72. The highest BCUT2D eigenvalue weighted by atomic mass is 79.9. The van der Waals surface area contributed by atoms with Crippen molar-refractivity contribution in [3.63, 3.8) is 0 Å². The van der Waals surface area contributed by atoms with Crippen LogP contribution in [0.2, 0.25) is 0 Å². The molecule has 19 heavy (non-hydrogen) atoms. The standard InChI is InChI=1S/C15H19BrN2O/c1-11(2)10-18(9-5-8-17)15(19)13-6-4-7-14(16)12(13)3/h4,6-7,11H,5,9-10H2,1-3H3. The molecule has 102 valence electrons. The first-order valence-electron chi connectivity index (χ1n) is 6.38. The van der Waals surface area contributed by atoms with Gasteiger partial charge in [-0.2, -0.15) is 5.26 Å². The van der Waals surface area contributed by atoms with Gasteiger partial charge in [0.2, 0.25) is 0 Å². The Morgan fingerprint density at radius 2 is 2.16 bits per heavy atom. The summed E-state index contributed by atoms with van der Waals surface area (Å²) in [6.45, 7) is 7.22. The highest BCUT2D eigenvalue weighted by Crippen LogP contribution is 2.21. The Bertz CT molecular complexity index is 491. The van der Waals surface area contributed by atoms with Gasteiger partial charge in [-0.3, -0.25) is 4.79 Å². The van der Waals surface area contributed by atoms with Crippen molar-refractivity contribution in [1.82, 2.24) is 4.90 Å². The van der Waals surface area contributed by atoms with Crippen molar-refractivity contribution in [2.75, 3.05) is 13.1 Å². The zero-order chi connectivity index (χ0) is 14.4. The molecular formula is C15H19BrN2O. The molecule has 0 saturated heterocycles. The monoisotopic (exact) mass is 322 g/mol. The lowest BCUT2D eigenvalue weighted by Gasteiger charge is -2.24. The summed E-state index contributed by atoms with van der Waals surface area (Å²) >= 11 is 3.44. The molecule has 0 heterocycles. The summed E-state index contributed by atoms with van der Waals surface area (Å²) in [5.41, 5.74) is 1.64. The number of hydrogen-bond donors (Lipinski definition) is 0. The molecule has 0 aromatic heterocycles. The van der Waals surface area contributed by atoms with Crippen molar-refractivity contribution >= 4 is 21.8 Å². The SMILES string of the molecule is Cc1c(Br)cccc1C(=O)N(CCC#N)CC(C)C. The number of nitrogens with zero attached hydrogens (tertiary/aromatic N) is 2. The maximum absolute atomic E-state index is 12.6. The van der Waals surface area contributed by atoms with Gasteiger partial charge < -0.3 is 4.90 Å². The van der Waals surface area contributed by atoms with Gasteiger partial charge >= 0.3 is 0 Å². The first-order chi connectivity index (χ1) is 8.97. The Balaban J connectivity index is 2.98. The van der Waals surface area contributed by atoms with Crippen LogP contribution in [-0.2, 0) is 0 Å². The smallest absolute Gasteiger partial charge is 0.254 e. The van der Waals surface area contributed by atoms with Gasteiger partial charge in [-0.25, -0.2) is 0 Å². The number of nitriles is 1. The molecule has 0 aliphatic heterocycles. The maximum atomic E-state index is 12.6. The zero-order valence-corrected chi connectivity index (χ0v) is 13.2. The van der Waals surface area contributed by atoms with Crippen molar-refractivity contribution in [3.05, 3.63) is 33.8 Å². The third-order valence-electron chi connectivity index (χ3n) is 2.86. The average Bonchev–Trinajstić information content (AvgIpc) is 2.36. The molecule has 0 spiro atoms. The summed E-state index contributed by atoms with van der Waals surface area (Å²) in [6, 6.07) is 7.72. The molecule has 0 aliphatic carbocycles. The van der Waals surface area contributed by atoms with Crippen LogP contribution < -0.4 is 0 Å². The second-order valence-electron chi connectivity index (χ2n) is 4.97. The molecule has 1 aromatic carbocycles. The Hall–Kier alpha value is -1.34. The van der Waals surface area contributed by atoms with Crippen LogP contribution in [0.15, 0.2) is 22.7 Å². The van der Waals surface area contributed by atoms with E-state index < -0.39 is 0 Å². The molecule has 0 bridgehead atoms. The van der Waals surface area contributed by atoms with Crippen LogP contribution in [0.5, 0.6) is 0 Å². The first-order valence-corrected chi connectivity index (χ1v) is 7.18. The van der Waals surface area contributed by atoms with E-state index in [1.165, 1.54) is 0 Å². The predicted molar refractivity (Wildman–Crippen MR) is 79.9 cm³/mol. The van der Waals surface area contributed by atoms with E-state index >= 15 is 0 Å². The van der Waals surface area contributed by atoms with Gasteiger partial charge in [0.1, 0.15) is 0 Å². The van der Waals surface area contributed by atoms with Gasteiger partial charge in [0.15, 0.2) is 0 Å². The van der Waals surface area contributed by atoms with Crippen molar-refractivity contribution in [2.45, 2.75) is 27.2 Å². The van der Waals surface area contributed by atoms with E-state index in [1.807, 2.05) is 25.1 Å². The highest BCUT2D eigenvalue weighted by molar-refractivity contribution is 9.10. The van der Waals surface area contributed by atoms with E-state index in [4.69, 9.17) is 5.26 Å². The van der Waals surface area contributed by atoms with Crippen LogP contribution in [0.3, 0.4) is 0 Å². The molecule has 0 radical (unpaired) electrons. The van der Waals surface area contributed by atoms with Gasteiger partial charge in [0, 0.05) is 23.1 Å². The molecular weight excluding hydrogens is 304 g/mol. The van der Waals surface area contributed by atoms with Crippen molar-refractivity contribution < 1.29 is 4.79 Å². The van der Waals surface area contributed by atoms with Gasteiger partial charge in [-0.05, 0) is 30.5 Å². The topological polar surface area (TPSA) is 44.1 Å². The quantitative estimate of drug-likeness (QED) is 0.828. The number of carbonyl (C=O) groups is 1. The van der Waals surface area contributed by atoms with Crippen LogP contribution in [0, 0.1) is 24.2 Å². The minimum Gasteiger partial charge on any atom is -0.337 e. The van der Waals surface area contributed by atoms with Crippen LogP contribution >= 0.6 is 15.9 Å². The predicted octanol–water partition coefficient (Wildman–Crippen LogP) is 3.77. The van der Waals surface area contributed by atoms with Gasteiger partial charge in [-0.1, -0.05) is 35.8 Å². The maximum Gasteiger partial charge on any atom is 0.254 e. The number of amides is 1. The van der Waals surface area contributed by atoms with Crippen LogP contribution in [0.4, 0.5) is 0 Å². The molecule has 1 rings (SSSR count). The Labute approximate surface area is 123 Å². The summed E-state index contributed by atoms with van der Waals surface area (Å²) in [7, 11) is 0. The highest BCUT2D eigenvalue weighted by Gasteiger charge is 2.19. The van der Waals surface area contributed by atoms with Gasteiger partial charge in [-0.15, -0.1) is 0 Å². The minimum atomic E-state index is 0.00255. The second kappa shape index (κ2) is 7.30. The first kappa shape index (κ1) is 15.7. The van der Waals surface area contributed by atoms with E-state index in [9.17, 15) is 4.79 Å². The molecule has 0 fully saturated rings. The summed E-state index contributed by atoms with van der Waals surface area (Å²) in [6.07, 6.45) is 0.367. The summed E-state index contributed by atoms with van der Waals surface area (Å²) in [4.78, 5) is 14.3. The lowest BCUT2D eigenvalue weighted by molar-refractivity contribution is 0.0739. The number of hydrogen-bond acceptors (Lipinski definition) is 2. The third kappa shape index (κ3) is 4.36. The zero-order valence-electron chi connectivity index (χ0n) is 11.6. The van der Waals surface area contributed by atoms with E-state index in [-0.39, 0.29) is 5.91 Å². The molecule has 3 nitrogen and oxygen atoms in total. The largest absolute Gasteiger partial charge is 0.337 e. The van der Waals surface area contributed by atoms with Crippen molar-refractivity contribution in [2.24, 2.45) is 5.92 Å². The number of halogens is 1. The molecule has 0 N–H and O–H groups in total. The fourth-order valence-corrected chi connectivity index (χ4v) is 2.28. The number of carbonyl (C=O) groups excluding carboxylic acids is 1. The Kier molecular flexibility index (Phi) is 6.04. The lowest BCUT2D eigenvalue weighted by atomic mass is 10.1. The van der Waals surface area contributed by atoms with Crippen molar-refractivity contribution in [3.8, 4) is 6.07 Å². The van der Waals surface area contributed by atoms with E-state index in [2.05, 4.69) is 35.8 Å². The molecule has 0 saturated carbocycles. The van der Waals surface area contributed by atoms with E-state index in [0.717, 1.165) is 10.0 Å². The fourth-order valence-electron chi connectivity index (χ4n) is 1.91. The van der Waals surface area contributed by atoms with Crippen LogP contribution in [-0.4, -0.2) is 23.9 Å². The summed E-state index contributed by atoms with van der Waals surface area (Å²) < 4.78 is 0.933. The molecule has 4 heteroatoms. The molecule has 1 aromatic rings. The normalized spacial score (nSPS) is 10.3. The molecule has 0 aliphatic rings. The lowest BCUT2D eigenvalue weighted by Crippen LogP contribution is -2.35. The van der Waals surface area contributed by atoms with Gasteiger partial charge in [0.05, 0.1) is 12.5 Å². The summed E-state index contributed by atoms with van der Waals surface area (Å²) in [5, 5.41) is 8.70. The summed E-state index contributed by atoms with van der Waals surface area (Å²) in [5.74, 6) is 0.387. The van der Waals surface area contributed by atoms with E-state index in [1.54, 1.807) is 4.90 Å². The molecule has 0 unspecified atom stereocenters. The fraction of sp³-hybridized carbons (Fsp3) is 0.467. The van der Waals surface area contributed by atoms with E-state index in [0.29, 0.717) is 31.0 Å². The number of benzene rings is 1. The molecule has 1 amide bonds. The second-order valence-corrected chi connectivity index (χ2v) is 5.82. The molecule has 0 atom stereocenters. The van der Waals surface area contributed by atoms with Crippen LogP contribution in [0.1, 0.15) is 36.2 Å². The number of rotatable bonds is 5. The Morgan fingerprint density at radius 1 is 1.47 bits per heavy atom. The average molecular weight is 323 g/mol. The van der Waals surface area contributed by atoms with Crippen LogP contribution in [0.25, 0.3) is 0 Å². The minimum absolute atomic E-state index is 0.00255. The van der Waals surface area contributed by atoms with Gasteiger partial charge in [0.25, 0.3) is 5.91 Å².